The van der Waals surface area contributed by atoms with Gasteiger partial charge in [-0.1, -0.05) is 36.4 Å². The van der Waals surface area contributed by atoms with Crippen molar-refractivity contribution in [3.05, 3.63) is 42.0 Å². The third kappa shape index (κ3) is 4.45. The molecule has 1 atom stereocenters. The van der Waals surface area contributed by atoms with E-state index in [1.54, 1.807) is 17.1 Å². The van der Waals surface area contributed by atoms with Crippen LogP contribution in [0.15, 0.2) is 36.4 Å². The van der Waals surface area contributed by atoms with Gasteiger partial charge in [-0.3, -0.25) is 9.69 Å². The fourth-order valence-corrected chi connectivity index (χ4v) is 2.46. The summed E-state index contributed by atoms with van der Waals surface area (Å²) in [4.78, 5) is 26.1. The summed E-state index contributed by atoms with van der Waals surface area (Å²) in [5.41, 5.74) is 0.422. The van der Waals surface area contributed by atoms with Crippen molar-refractivity contribution < 1.29 is 14.3 Å². The van der Waals surface area contributed by atoms with Crippen LogP contribution in [0.4, 0.5) is 4.79 Å². The van der Waals surface area contributed by atoms with Crippen LogP contribution in [-0.4, -0.2) is 35.0 Å². The second-order valence-corrected chi connectivity index (χ2v) is 6.48. The molecule has 4 nitrogen and oxygen atoms in total. The Hall–Kier alpha value is -2.10. The maximum atomic E-state index is 12.4. The van der Waals surface area contributed by atoms with Crippen molar-refractivity contribution in [2.45, 2.75) is 45.3 Å². The van der Waals surface area contributed by atoms with Crippen LogP contribution >= 0.6 is 0 Å². The Kier molecular flexibility index (Phi) is 5.01. The number of ketones is 1. The molecule has 1 aliphatic heterocycles. The zero-order chi connectivity index (χ0) is 16.2. The first-order valence-corrected chi connectivity index (χ1v) is 7.63. The Labute approximate surface area is 131 Å². The van der Waals surface area contributed by atoms with E-state index in [2.05, 4.69) is 0 Å². The fourth-order valence-electron chi connectivity index (χ4n) is 2.46. The van der Waals surface area contributed by atoms with Crippen molar-refractivity contribution in [2.75, 3.05) is 6.54 Å². The number of amides is 1. The summed E-state index contributed by atoms with van der Waals surface area (Å²) in [6.07, 6.45) is 4.46. The number of nitrogens with zero attached hydrogens (tertiary/aromatic N) is 1. The molecule has 0 saturated carbocycles. The third-order valence-corrected chi connectivity index (χ3v) is 3.45. The van der Waals surface area contributed by atoms with Crippen LogP contribution in [0.5, 0.6) is 0 Å². The van der Waals surface area contributed by atoms with Crippen LogP contribution in [0, 0.1) is 0 Å². The molecule has 1 aliphatic rings. The zero-order valence-electron chi connectivity index (χ0n) is 13.4. The number of carbonyl (C=O) groups is 2. The molecule has 0 spiro atoms. The van der Waals surface area contributed by atoms with Crippen molar-refractivity contribution in [1.82, 2.24) is 4.90 Å². The molecule has 1 saturated heterocycles. The summed E-state index contributed by atoms with van der Waals surface area (Å²) < 4.78 is 5.38. The molecule has 0 N–H and O–H groups in total. The molecule has 1 aromatic carbocycles. The van der Waals surface area contributed by atoms with Gasteiger partial charge in [0.2, 0.25) is 0 Å². The number of benzene rings is 1. The summed E-state index contributed by atoms with van der Waals surface area (Å²) in [6.45, 7) is 6.05. The molecule has 0 radical (unpaired) electrons. The molecule has 22 heavy (non-hydrogen) atoms. The van der Waals surface area contributed by atoms with Crippen LogP contribution in [0.2, 0.25) is 0 Å². The van der Waals surface area contributed by atoms with Crippen molar-refractivity contribution >= 4 is 18.0 Å². The minimum atomic E-state index is -0.548. The molecule has 0 aliphatic carbocycles. The van der Waals surface area contributed by atoms with Crippen LogP contribution in [0.25, 0.3) is 6.08 Å². The highest BCUT2D eigenvalue weighted by Gasteiger charge is 2.35. The summed E-state index contributed by atoms with van der Waals surface area (Å²) >= 11 is 0. The quantitative estimate of drug-likeness (QED) is 0.800. The summed E-state index contributed by atoms with van der Waals surface area (Å²) in [7, 11) is 0. The minimum Gasteiger partial charge on any atom is -0.444 e. The van der Waals surface area contributed by atoms with Gasteiger partial charge < -0.3 is 4.74 Å². The number of rotatable bonds is 3. The molecule has 1 aromatic rings. The van der Waals surface area contributed by atoms with Crippen molar-refractivity contribution in [1.29, 1.82) is 0 Å². The second-order valence-electron chi connectivity index (χ2n) is 6.48. The molecular weight excluding hydrogens is 278 g/mol. The average molecular weight is 301 g/mol. The lowest BCUT2D eigenvalue weighted by atomic mass is 10.1. The summed E-state index contributed by atoms with van der Waals surface area (Å²) in [6, 6.07) is 9.24. The minimum absolute atomic E-state index is 0.0489. The van der Waals surface area contributed by atoms with E-state index in [1.165, 1.54) is 0 Å². The van der Waals surface area contributed by atoms with Gasteiger partial charge in [-0.05, 0) is 45.3 Å². The first kappa shape index (κ1) is 16.3. The number of hydrogen-bond acceptors (Lipinski definition) is 3. The molecule has 1 heterocycles. The number of carbonyl (C=O) groups excluding carboxylic acids is 2. The molecule has 2 rings (SSSR count). The largest absolute Gasteiger partial charge is 0.444 e. The fraction of sp³-hybridized carbons (Fsp3) is 0.444. The van der Waals surface area contributed by atoms with Gasteiger partial charge in [0.15, 0.2) is 5.78 Å². The molecule has 1 amide bonds. The monoisotopic (exact) mass is 301 g/mol. The van der Waals surface area contributed by atoms with E-state index in [1.807, 2.05) is 51.1 Å². The van der Waals surface area contributed by atoms with Gasteiger partial charge in [-0.25, -0.2) is 4.79 Å². The van der Waals surface area contributed by atoms with Crippen LogP contribution in [0.1, 0.15) is 39.2 Å². The molecule has 0 bridgehead atoms. The average Bonchev–Trinajstić information content (AvgIpc) is 2.93. The Morgan fingerprint density at radius 2 is 1.91 bits per heavy atom. The highest BCUT2D eigenvalue weighted by Crippen LogP contribution is 2.22. The molecule has 118 valence electrons. The Balaban J connectivity index is 2.02. The van der Waals surface area contributed by atoms with Gasteiger partial charge in [-0.2, -0.15) is 0 Å². The van der Waals surface area contributed by atoms with Crippen molar-refractivity contribution in [2.24, 2.45) is 0 Å². The number of ether oxygens (including phenoxy) is 1. The first-order chi connectivity index (χ1) is 10.4. The van der Waals surface area contributed by atoms with Gasteiger partial charge in [0.25, 0.3) is 0 Å². The molecule has 1 fully saturated rings. The van der Waals surface area contributed by atoms with E-state index in [9.17, 15) is 9.59 Å². The lowest BCUT2D eigenvalue weighted by Crippen LogP contribution is -2.42. The standard InChI is InChI=1S/C18H23NO3/c1-18(2,3)22-17(21)19-13-7-10-15(19)16(20)12-11-14-8-5-4-6-9-14/h4-6,8-9,11-12,15H,7,10,13H2,1-3H3/b12-11+. The molecular formula is C18H23NO3. The van der Waals surface area contributed by atoms with Gasteiger partial charge in [0.05, 0.1) is 6.04 Å². The molecule has 0 aromatic heterocycles. The van der Waals surface area contributed by atoms with E-state index in [-0.39, 0.29) is 5.78 Å². The van der Waals surface area contributed by atoms with Crippen LogP contribution < -0.4 is 0 Å². The first-order valence-electron chi connectivity index (χ1n) is 7.63. The number of hydrogen-bond donors (Lipinski definition) is 0. The van der Waals surface area contributed by atoms with E-state index >= 15 is 0 Å². The van der Waals surface area contributed by atoms with Crippen molar-refractivity contribution in [3.63, 3.8) is 0 Å². The predicted octanol–water partition coefficient (Wildman–Crippen LogP) is 3.67. The Morgan fingerprint density at radius 1 is 1.23 bits per heavy atom. The van der Waals surface area contributed by atoms with Gasteiger partial charge in [0.1, 0.15) is 5.60 Å². The second kappa shape index (κ2) is 6.77. The summed E-state index contributed by atoms with van der Waals surface area (Å²) in [5.74, 6) is -0.0489. The van der Waals surface area contributed by atoms with E-state index in [4.69, 9.17) is 4.74 Å². The summed E-state index contributed by atoms with van der Waals surface area (Å²) in [5, 5.41) is 0. The van der Waals surface area contributed by atoms with Crippen LogP contribution in [-0.2, 0) is 9.53 Å². The maximum Gasteiger partial charge on any atom is 0.410 e. The van der Waals surface area contributed by atoms with E-state index < -0.39 is 17.7 Å². The Morgan fingerprint density at radius 3 is 2.55 bits per heavy atom. The maximum absolute atomic E-state index is 12.4. The van der Waals surface area contributed by atoms with Gasteiger partial charge in [-0.15, -0.1) is 0 Å². The van der Waals surface area contributed by atoms with Crippen LogP contribution in [0.3, 0.4) is 0 Å². The zero-order valence-corrected chi connectivity index (χ0v) is 13.4. The SMILES string of the molecule is CC(C)(C)OC(=O)N1CCCC1C(=O)/C=C/c1ccccc1. The lowest BCUT2D eigenvalue weighted by Gasteiger charge is -2.27. The Bertz CT molecular complexity index is 557. The van der Waals surface area contributed by atoms with Crippen molar-refractivity contribution in [3.8, 4) is 0 Å². The predicted molar refractivity (Wildman–Crippen MR) is 86.4 cm³/mol. The number of likely N-dealkylation sites (tertiary alicyclic amines) is 1. The normalized spacial score (nSPS) is 18.7. The van der Waals surface area contributed by atoms with Gasteiger partial charge in [0, 0.05) is 6.54 Å². The molecule has 1 unspecified atom stereocenters. The highest BCUT2D eigenvalue weighted by molar-refractivity contribution is 5.99. The highest BCUT2D eigenvalue weighted by atomic mass is 16.6. The van der Waals surface area contributed by atoms with E-state index in [0.717, 1.165) is 12.0 Å². The smallest absolute Gasteiger partial charge is 0.410 e. The third-order valence-electron chi connectivity index (χ3n) is 3.45. The topological polar surface area (TPSA) is 46.6 Å². The van der Waals surface area contributed by atoms with E-state index in [0.29, 0.717) is 13.0 Å². The lowest BCUT2D eigenvalue weighted by molar-refractivity contribution is -0.118. The van der Waals surface area contributed by atoms with Gasteiger partial charge >= 0.3 is 6.09 Å². The molecule has 4 heteroatoms.